The normalized spacial score (nSPS) is 28.1. The number of hydrogen-bond donors (Lipinski definition) is 0. The molecule has 1 saturated heterocycles. The van der Waals surface area contributed by atoms with Crippen molar-refractivity contribution in [3.8, 4) is 0 Å². The van der Waals surface area contributed by atoms with E-state index in [9.17, 15) is 9.59 Å². The van der Waals surface area contributed by atoms with Gasteiger partial charge in [-0.1, -0.05) is 59.1 Å². The van der Waals surface area contributed by atoms with Gasteiger partial charge in [0.1, 0.15) is 5.60 Å². The minimum atomic E-state index is -0.766. The van der Waals surface area contributed by atoms with Crippen LogP contribution in [-0.2, 0) is 9.53 Å². The Morgan fingerprint density at radius 3 is 2.36 bits per heavy atom. The van der Waals surface area contributed by atoms with Crippen LogP contribution < -0.4 is 0 Å². The fourth-order valence-corrected chi connectivity index (χ4v) is 7.04. The number of ether oxygens (including phenoxy) is 1. The van der Waals surface area contributed by atoms with Gasteiger partial charge in [0.2, 0.25) is 5.91 Å². The van der Waals surface area contributed by atoms with Gasteiger partial charge in [-0.15, -0.1) is 6.58 Å². The third-order valence-electron chi connectivity index (χ3n) is 7.65. The van der Waals surface area contributed by atoms with E-state index in [-0.39, 0.29) is 29.7 Å². The summed E-state index contributed by atoms with van der Waals surface area (Å²) in [5.74, 6) is -0.440. The predicted octanol–water partition coefficient (Wildman–Crippen LogP) is 8.65. The summed E-state index contributed by atoms with van der Waals surface area (Å²) in [6.07, 6.45) is 3.00. The molecule has 0 spiro atoms. The Labute approximate surface area is 228 Å². The minimum Gasteiger partial charge on any atom is -0.443 e. The number of nitrogens with zero attached hydrogens (tertiary/aromatic N) is 1. The maximum Gasteiger partial charge on any atom is 0.417 e. The summed E-state index contributed by atoms with van der Waals surface area (Å²) in [4.78, 5) is 28.7. The number of carbonyl (C=O) groups is 2. The van der Waals surface area contributed by atoms with Crippen LogP contribution in [0.5, 0.6) is 0 Å². The number of carbonyl (C=O) groups excluding carboxylic acids is 2. The van der Waals surface area contributed by atoms with E-state index < -0.39 is 17.1 Å². The number of likely N-dealkylation sites (tertiary alicyclic amines) is 1. The van der Waals surface area contributed by atoms with Gasteiger partial charge in [0.15, 0.2) is 0 Å². The molecule has 1 aliphatic heterocycles. The Morgan fingerprint density at radius 1 is 1.14 bits per heavy atom. The summed E-state index contributed by atoms with van der Waals surface area (Å²) in [5.41, 5.74) is 0.561. The number of halogens is 3. The van der Waals surface area contributed by atoms with Crippen molar-refractivity contribution in [1.82, 2.24) is 4.90 Å². The van der Waals surface area contributed by atoms with Crippen molar-refractivity contribution in [2.75, 3.05) is 0 Å². The third-order valence-corrected chi connectivity index (χ3v) is 8.46. The molecule has 1 saturated carbocycles. The maximum absolute atomic E-state index is 14.1. The molecule has 0 bridgehead atoms. The molecule has 1 aliphatic carbocycles. The minimum absolute atomic E-state index is 0.0210. The Bertz CT molecular complexity index is 1170. The molecular weight excluding hydrogens is 517 g/mol. The first kappa shape index (κ1) is 27.0. The Hall–Kier alpha value is -2.01. The van der Waals surface area contributed by atoms with Crippen molar-refractivity contribution in [2.24, 2.45) is 11.3 Å². The molecule has 0 unspecified atom stereocenters. The second kappa shape index (κ2) is 10.0. The number of imide groups is 1. The third kappa shape index (κ3) is 4.80. The van der Waals surface area contributed by atoms with E-state index in [2.05, 4.69) is 6.58 Å². The number of benzene rings is 2. The number of hydrogen-bond acceptors (Lipinski definition) is 3. The predicted molar refractivity (Wildman–Crippen MR) is 146 cm³/mol. The van der Waals surface area contributed by atoms with Gasteiger partial charge in [0, 0.05) is 27.0 Å². The summed E-state index contributed by atoms with van der Waals surface area (Å²) >= 11 is 19.2. The van der Waals surface area contributed by atoms with E-state index in [1.165, 1.54) is 4.90 Å². The monoisotopic (exact) mass is 547 g/mol. The van der Waals surface area contributed by atoms with Gasteiger partial charge in [-0.3, -0.25) is 4.79 Å². The molecule has 5 atom stereocenters. The number of amides is 2. The van der Waals surface area contributed by atoms with Gasteiger partial charge in [0.05, 0.1) is 5.41 Å². The lowest BCUT2D eigenvalue weighted by molar-refractivity contribution is -0.137. The van der Waals surface area contributed by atoms with Crippen molar-refractivity contribution in [2.45, 2.75) is 70.4 Å². The molecular formula is C29H32Cl3NO3. The average Bonchev–Trinajstić information content (AvgIpc) is 3.00. The van der Waals surface area contributed by atoms with E-state index in [4.69, 9.17) is 39.5 Å². The lowest BCUT2D eigenvalue weighted by Crippen LogP contribution is -2.44. The van der Waals surface area contributed by atoms with Gasteiger partial charge >= 0.3 is 6.09 Å². The Kier molecular flexibility index (Phi) is 7.54. The number of allylic oxidation sites excluding steroid dienone is 1. The van der Waals surface area contributed by atoms with Crippen LogP contribution in [0, 0.1) is 11.3 Å². The summed E-state index contributed by atoms with van der Waals surface area (Å²) in [7, 11) is 0. The van der Waals surface area contributed by atoms with Crippen molar-refractivity contribution < 1.29 is 14.3 Å². The molecule has 0 N–H and O–H groups in total. The molecule has 2 aromatic rings. The molecule has 7 heteroatoms. The molecule has 4 nitrogen and oxygen atoms in total. The zero-order chi connectivity index (χ0) is 26.4. The molecule has 2 aromatic carbocycles. The van der Waals surface area contributed by atoms with Crippen LogP contribution in [0.1, 0.15) is 69.9 Å². The molecule has 0 radical (unpaired) electrons. The van der Waals surface area contributed by atoms with Crippen molar-refractivity contribution in [3.63, 3.8) is 0 Å². The lowest BCUT2D eigenvalue weighted by Gasteiger charge is -2.47. The fourth-order valence-electron chi connectivity index (χ4n) is 6.37. The van der Waals surface area contributed by atoms with Crippen molar-refractivity contribution in [1.29, 1.82) is 0 Å². The smallest absolute Gasteiger partial charge is 0.417 e. The highest BCUT2D eigenvalue weighted by atomic mass is 35.5. The highest BCUT2D eigenvalue weighted by Crippen LogP contribution is 2.62. The SMILES string of the molecule is C=CC[C@@]12CC[C@@H](c3ccc(Cl)cc3Cl)[C@H](c3ccc(Cl)cc3)[C@@H]1[C@H](C)N(C(=O)OC(C)(C)C)C2=O. The van der Waals surface area contributed by atoms with Crippen LogP contribution in [0.25, 0.3) is 0 Å². The molecule has 1 heterocycles. The second-order valence-corrected chi connectivity index (χ2v) is 12.2. The van der Waals surface area contributed by atoms with Gasteiger partial charge in [-0.05, 0) is 94.2 Å². The Morgan fingerprint density at radius 2 is 1.78 bits per heavy atom. The first-order valence-corrected chi connectivity index (χ1v) is 13.4. The van der Waals surface area contributed by atoms with E-state index >= 15 is 0 Å². The lowest BCUT2D eigenvalue weighted by atomic mass is 9.54. The number of fused-ring (bicyclic) bond motifs is 1. The van der Waals surface area contributed by atoms with Crippen LogP contribution in [-0.4, -0.2) is 28.5 Å². The quantitative estimate of drug-likeness (QED) is 0.359. The fraction of sp³-hybridized carbons (Fsp3) is 0.448. The number of rotatable bonds is 4. The standard InChI is InChI=1S/C29H32Cl3NO3/c1-6-14-29-15-13-22(21-12-11-20(31)16-23(21)32)24(18-7-9-19(30)10-8-18)25(29)17(2)33(26(29)34)27(35)36-28(3,4)5/h6-12,16-17,22,24-25H,1,13-15H2,2-5H3/t17-,22-,24-,25-,29+/m0/s1. The van der Waals surface area contributed by atoms with Crippen molar-refractivity contribution >= 4 is 46.8 Å². The van der Waals surface area contributed by atoms with Gasteiger partial charge in [-0.2, -0.15) is 0 Å². The molecule has 2 aliphatic rings. The highest BCUT2D eigenvalue weighted by molar-refractivity contribution is 6.35. The van der Waals surface area contributed by atoms with Crippen LogP contribution in [0.4, 0.5) is 4.79 Å². The maximum atomic E-state index is 14.1. The van der Waals surface area contributed by atoms with Crippen molar-refractivity contribution in [3.05, 3.63) is 81.3 Å². The van der Waals surface area contributed by atoms with E-state index in [1.54, 1.807) is 32.9 Å². The van der Waals surface area contributed by atoms with Crippen LogP contribution in [0.15, 0.2) is 55.1 Å². The van der Waals surface area contributed by atoms with E-state index in [0.717, 1.165) is 17.5 Å². The molecule has 36 heavy (non-hydrogen) atoms. The zero-order valence-corrected chi connectivity index (χ0v) is 23.3. The molecule has 192 valence electrons. The Balaban J connectivity index is 1.88. The molecule has 2 amide bonds. The largest absolute Gasteiger partial charge is 0.443 e. The molecule has 0 aromatic heterocycles. The zero-order valence-electron chi connectivity index (χ0n) is 21.1. The summed E-state index contributed by atoms with van der Waals surface area (Å²) in [6.45, 7) is 11.3. The van der Waals surface area contributed by atoms with Crippen LogP contribution >= 0.6 is 34.8 Å². The molecule has 2 fully saturated rings. The van der Waals surface area contributed by atoms with Crippen LogP contribution in [0.2, 0.25) is 15.1 Å². The first-order valence-electron chi connectivity index (χ1n) is 12.3. The summed E-state index contributed by atoms with van der Waals surface area (Å²) in [5, 5.41) is 1.81. The summed E-state index contributed by atoms with van der Waals surface area (Å²) in [6, 6.07) is 13.0. The van der Waals surface area contributed by atoms with E-state index in [1.807, 2.05) is 43.3 Å². The van der Waals surface area contributed by atoms with E-state index in [0.29, 0.717) is 27.9 Å². The summed E-state index contributed by atoms with van der Waals surface area (Å²) < 4.78 is 5.68. The van der Waals surface area contributed by atoms with Crippen LogP contribution in [0.3, 0.4) is 0 Å². The highest BCUT2D eigenvalue weighted by Gasteiger charge is 2.64. The van der Waals surface area contributed by atoms with Gasteiger partial charge < -0.3 is 4.74 Å². The average molecular weight is 549 g/mol. The van der Waals surface area contributed by atoms with Gasteiger partial charge in [0.25, 0.3) is 0 Å². The van der Waals surface area contributed by atoms with Gasteiger partial charge in [-0.25, -0.2) is 9.69 Å². The molecule has 4 rings (SSSR count). The second-order valence-electron chi connectivity index (χ2n) is 11.0. The first-order chi connectivity index (χ1) is 16.9. The topological polar surface area (TPSA) is 46.6 Å².